The molecule has 142 valence electrons. The van der Waals surface area contributed by atoms with Gasteiger partial charge in [0.15, 0.2) is 0 Å². The molecule has 5 nitrogen and oxygen atoms in total. The van der Waals surface area contributed by atoms with Crippen LogP contribution in [0.5, 0.6) is 5.75 Å². The van der Waals surface area contributed by atoms with Gasteiger partial charge < -0.3 is 15.0 Å². The number of amides is 2. The molecule has 0 aromatic heterocycles. The lowest BCUT2D eigenvalue weighted by molar-refractivity contribution is -0.122. The van der Waals surface area contributed by atoms with Crippen LogP contribution in [0.15, 0.2) is 48.5 Å². The van der Waals surface area contributed by atoms with E-state index in [4.69, 9.17) is 4.74 Å². The zero-order valence-electron chi connectivity index (χ0n) is 16.1. The minimum Gasteiger partial charge on any atom is -0.497 e. The first-order valence-electron chi connectivity index (χ1n) is 9.37. The molecule has 2 atom stereocenters. The smallest absolute Gasteiger partial charge is 0.229 e. The van der Waals surface area contributed by atoms with Gasteiger partial charge in [-0.15, -0.1) is 0 Å². The predicted molar refractivity (Wildman–Crippen MR) is 107 cm³/mol. The van der Waals surface area contributed by atoms with Crippen molar-refractivity contribution in [2.45, 2.75) is 32.6 Å². The summed E-state index contributed by atoms with van der Waals surface area (Å²) in [5.74, 6) is 0.611. The van der Waals surface area contributed by atoms with E-state index >= 15 is 0 Å². The maximum Gasteiger partial charge on any atom is 0.229 e. The van der Waals surface area contributed by atoms with Crippen LogP contribution in [-0.2, 0) is 9.59 Å². The number of ether oxygens (including phenoxy) is 1. The molecule has 1 aliphatic heterocycles. The van der Waals surface area contributed by atoms with E-state index in [9.17, 15) is 9.59 Å². The number of benzene rings is 2. The van der Waals surface area contributed by atoms with Gasteiger partial charge >= 0.3 is 0 Å². The molecule has 1 aliphatic rings. The molecule has 0 bridgehead atoms. The predicted octanol–water partition coefficient (Wildman–Crippen LogP) is 4.20. The number of nitrogens with one attached hydrogen (secondary N) is 1. The number of nitrogens with zero attached hydrogens (tertiary/aromatic N) is 1. The first-order chi connectivity index (χ1) is 13.0. The maximum absolute atomic E-state index is 12.6. The third-order valence-electron chi connectivity index (χ3n) is 5.22. The summed E-state index contributed by atoms with van der Waals surface area (Å²) in [5, 5.41) is 2.90. The van der Waals surface area contributed by atoms with Crippen molar-refractivity contribution in [1.82, 2.24) is 0 Å². The highest BCUT2D eigenvalue weighted by Gasteiger charge is 2.36. The van der Waals surface area contributed by atoms with Crippen molar-refractivity contribution in [2.24, 2.45) is 5.92 Å². The molecule has 5 heteroatoms. The van der Waals surface area contributed by atoms with Gasteiger partial charge in [-0.05, 0) is 48.2 Å². The summed E-state index contributed by atoms with van der Waals surface area (Å²) in [6, 6.07) is 15.2. The van der Waals surface area contributed by atoms with E-state index in [1.807, 2.05) is 18.2 Å². The fourth-order valence-corrected chi connectivity index (χ4v) is 3.40. The summed E-state index contributed by atoms with van der Waals surface area (Å²) in [7, 11) is 1.60. The molecular formula is C22H26N2O3. The minimum atomic E-state index is -0.357. The first kappa shape index (κ1) is 19.0. The van der Waals surface area contributed by atoms with Crippen LogP contribution in [0.25, 0.3) is 0 Å². The maximum atomic E-state index is 12.6. The standard InChI is InChI=1S/C22H26N2O3/c1-4-15(2)19-7-5-6-8-20(19)24-14-16(13-21(24)25)22(26)23-17-9-11-18(27-3)12-10-17/h5-12,15-16H,4,13-14H2,1-3H3,(H,23,26)/t15-,16+/m1/s1. The Kier molecular flexibility index (Phi) is 5.79. The molecule has 2 amide bonds. The second-order valence-corrected chi connectivity index (χ2v) is 6.99. The third kappa shape index (κ3) is 4.13. The van der Waals surface area contributed by atoms with Gasteiger partial charge in [0, 0.05) is 24.3 Å². The summed E-state index contributed by atoms with van der Waals surface area (Å²) in [4.78, 5) is 27.0. The van der Waals surface area contributed by atoms with Crippen LogP contribution in [0.2, 0.25) is 0 Å². The van der Waals surface area contributed by atoms with Crippen LogP contribution in [0.3, 0.4) is 0 Å². The molecular weight excluding hydrogens is 340 g/mol. The molecule has 0 aliphatic carbocycles. The molecule has 1 saturated heterocycles. The Balaban J connectivity index is 1.72. The van der Waals surface area contributed by atoms with Crippen LogP contribution >= 0.6 is 0 Å². The number of rotatable bonds is 6. The Labute approximate surface area is 160 Å². The summed E-state index contributed by atoms with van der Waals surface area (Å²) in [6.07, 6.45) is 1.23. The van der Waals surface area contributed by atoms with Crippen molar-refractivity contribution < 1.29 is 14.3 Å². The van der Waals surface area contributed by atoms with E-state index in [2.05, 4.69) is 25.2 Å². The monoisotopic (exact) mass is 366 g/mol. The van der Waals surface area contributed by atoms with Gasteiger partial charge in [-0.2, -0.15) is 0 Å². The first-order valence-corrected chi connectivity index (χ1v) is 9.37. The zero-order chi connectivity index (χ0) is 19.4. The van der Waals surface area contributed by atoms with Crippen molar-refractivity contribution in [3.8, 4) is 5.75 Å². The Hall–Kier alpha value is -2.82. The molecule has 0 radical (unpaired) electrons. The zero-order valence-corrected chi connectivity index (χ0v) is 16.1. The Morgan fingerprint density at radius 1 is 1.22 bits per heavy atom. The quantitative estimate of drug-likeness (QED) is 0.833. The van der Waals surface area contributed by atoms with Crippen molar-refractivity contribution in [1.29, 1.82) is 0 Å². The largest absolute Gasteiger partial charge is 0.497 e. The van der Waals surface area contributed by atoms with Gasteiger partial charge in [-0.1, -0.05) is 32.0 Å². The molecule has 2 aromatic rings. The van der Waals surface area contributed by atoms with Crippen LogP contribution in [0.4, 0.5) is 11.4 Å². The average molecular weight is 366 g/mol. The van der Waals surface area contributed by atoms with Crippen LogP contribution in [-0.4, -0.2) is 25.5 Å². The van der Waals surface area contributed by atoms with E-state index in [1.165, 1.54) is 0 Å². The fourth-order valence-electron chi connectivity index (χ4n) is 3.40. The van der Waals surface area contributed by atoms with Crippen LogP contribution in [0.1, 0.15) is 38.2 Å². The lowest BCUT2D eigenvalue weighted by Crippen LogP contribution is -2.29. The van der Waals surface area contributed by atoms with Crippen molar-refractivity contribution in [2.75, 3.05) is 23.9 Å². The number of anilines is 2. The van der Waals surface area contributed by atoms with Gasteiger partial charge in [0.2, 0.25) is 11.8 Å². The van der Waals surface area contributed by atoms with Gasteiger partial charge in [-0.25, -0.2) is 0 Å². The lowest BCUT2D eigenvalue weighted by atomic mass is 9.96. The highest BCUT2D eigenvalue weighted by molar-refractivity contribution is 6.03. The molecule has 1 heterocycles. The van der Waals surface area contributed by atoms with E-state index in [-0.39, 0.29) is 24.2 Å². The van der Waals surface area contributed by atoms with Gasteiger partial charge in [0.05, 0.1) is 13.0 Å². The Morgan fingerprint density at radius 3 is 2.59 bits per heavy atom. The fraction of sp³-hybridized carbons (Fsp3) is 0.364. The minimum absolute atomic E-state index is 0.000587. The third-order valence-corrected chi connectivity index (χ3v) is 5.22. The lowest BCUT2D eigenvalue weighted by Gasteiger charge is -2.23. The number of carbonyl (C=O) groups is 2. The molecule has 27 heavy (non-hydrogen) atoms. The average Bonchev–Trinajstić information content (AvgIpc) is 3.09. The summed E-state index contributed by atoms with van der Waals surface area (Å²) >= 11 is 0. The Bertz CT molecular complexity index is 817. The molecule has 0 unspecified atom stereocenters. The number of carbonyl (C=O) groups excluding carboxylic acids is 2. The molecule has 1 N–H and O–H groups in total. The molecule has 2 aromatic carbocycles. The molecule has 1 fully saturated rings. The summed E-state index contributed by atoms with van der Waals surface area (Å²) in [5.41, 5.74) is 2.79. The van der Waals surface area contributed by atoms with Crippen LogP contribution < -0.4 is 15.0 Å². The van der Waals surface area contributed by atoms with E-state index in [0.717, 1.165) is 23.4 Å². The number of methoxy groups -OCH3 is 1. The van der Waals surface area contributed by atoms with Gasteiger partial charge in [-0.3, -0.25) is 9.59 Å². The highest BCUT2D eigenvalue weighted by Crippen LogP contribution is 2.33. The number of hydrogen-bond donors (Lipinski definition) is 1. The SMILES string of the molecule is CC[C@@H](C)c1ccccc1N1C[C@@H](C(=O)Nc2ccc(OC)cc2)CC1=O. The second-order valence-electron chi connectivity index (χ2n) is 6.99. The topological polar surface area (TPSA) is 58.6 Å². The molecule has 0 spiro atoms. The molecule has 0 saturated carbocycles. The normalized spacial score (nSPS) is 17.7. The van der Waals surface area contributed by atoms with Crippen molar-refractivity contribution in [3.05, 3.63) is 54.1 Å². The van der Waals surface area contributed by atoms with Crippen LogP contribution in [0, 0.1) is 5.92 Å². The second kappa shape index (κ2) is 8.25. The van der Waals surface area contributed by atoms with E-state index in [1.54, 1.807) is 36.3 Å². The Morgan fingerprint density at radius 2 is 1.93 bits per heavy atom. The number of hydrogen-bond acceptors (Lipinski definition) is 3. The number of para-hydroxylation sites is 1. The van der Waals surface area contributed by atoms with Crippen molar-refractivity contribution >= 4 is 23.2 Å². The summed E-state index contributed by atoms with van der Waals surface area (Å²) < 4.78 is 5.13. The summed E-state index contributed by atoms with van der Waals surface area (Å²) in [6.45, 7) is 4.71. The van der Waals surface area contributed by atoms with E-state index < -0.39 is 0 Å². The van der Waals surface area contributed by atoms with E-state index in [0.29, 0.717) is 18.2 Å². The van der Waals surface area contributed by atoms with Crippen molar-refractivity contribution in [3.63, 3.8) is 0 Å². The van der Waals surface area contributed by atoms with Gasteiger partial charge in [0.25, 0.3) is 0 Å². The highest BCUT2D eigenvalue weighted by atomic mass is 16.5. The van der Waals surface area contributed by atoms with Gasteiger partial charge in [0.1, 0.15) is 5.75 Å². The molecule has 3 rings (SSSR count).